The highest BCUT2D eigenvalue weighted by atomic mass is 16.5. The molecule has 0 heterocycles. The van der Waals surface area contributed by atoms with Gasteiger partial charge in [-0.15, -0.1) is 0 Å². The minimum absolute atomic E-state index is 0.138. The molecule has 0 bridgehead atoms. The van der Waals surface area contributed by atoms with E-state index in [4.69, 9.17) is 5.73 Å². The van der Waals surface area contributed by atoms with Crippen LogP contribution in [0.15, 0.2) is 12.2 Å². The Labute approximate surface area is 85.3 Å². The molecule has 0 saturated heterocycles. The molecule has 1 aliphatic carbocycles. The molecule has 0 saturated carbocycles. The van der Waals surface area contributed by atoms with Gasteiger partial charge in [0.2, 0.25) is 0 Å². The molecule has 0 radical (unpaired) electrons. The van der Waals surface area contributed by atoms with E-state index in [0.717, 1.165) is 25.7 Å². The quantitative estimate of drug-likeness (QED) is 0.550. The Bertz CT molecular complexity index is 213. The van der Waals surface area contributed by atoms with E-state index in [9.17, 15) is 4.79 Å². The highest BCUT2D eigenvalue weighted by molar-refractivity contribution is 5.69. The number of allylic oxidation sites excluding steroid dienone is 2. The van der Waals surface area contributed by atoms with Crippen LogP contribution in [0, 0.1) is 5.92 Å². The number of esters is 1. The van der Waals surface area contributed by atoms with E-state index in [2.05, 4.69) is 16.9 Å². The first kappa shape index (κ1) is 11.2. The highest BCUT2D eigenvalue weighted by Crippen LogP contribution is 2.22. The SMILES string of the molecule is COC(=O)CCC(N)C1CC=CCC1. The van der Waals surface area contributed by atoms with Crippen molar-refractivity contribution in [3.63, 3.8) is 0 Å². The van der Waals surface area contributed by atoms with Crippen molar-refractivity contribution in [1.82, 2.24) is 0 Å². The van der Waals surface area contributed by atoms with Gasteiger partial charge >= 0.3 is 5.97 Å². The predicted octanol–water partition coefficient (Wildman–Crippen LogP) is 1.62. The number of hydrogen-bond donors (Lipinski definition) is 1. The van der Waals surface area contributed by atoms with Crippen LogP contribution in [-0.4, -0.2) is 19.1 Å². The van der Waals surface area contributed by atoms with Crippen molar-refractivity contribution in [3.05, 3.63) is 12.2 Å². The molecule has 14 heavy (non-hydrogen) atoms. The first-order valence-corrected chi connectivity index (χ1v) is 5.21. The van der Waals surface area contributed by atoms with Crippen LogP contribution in [0.2, 0.25) is 0 Å². The lowest BCUT2D eigenvalue weighted by molar-refractivity contribution is -0.140. The number of ether oxygens (including phenoxy) is 1. The van der Waals surface area contributed by atoms with Crippen LogP contribution < -0.4 is 5.73 Å². The smallest absolute Gasteiger partial charge is 0.305 e. The molecule has 0 fully saturated rings. The van der Waals surface area contributed by atoms with Gasteiger partial charge < -0.3 is 10.5 Å². The van der Waals surface area contributed by atoms with Gasteiger partial charge in [-0.25, -0.2) is 0 Å². The van der Waals surface area contributed by atoms with Crippen LogP contribution in [0.5, 0.6) is 0 Å². The monoisotopic (exact) mass is 197 g/mol. The molecule has 2 unspecified atom stereocenters. The number of hydrogen-bond acceptors (Lipinski definition) is 3. The summed E-state index contributed by atoms with van der Waals surface area (Å²) in [5.41, 5.74) is 6.01. The maximum Gasteiger partial charge on any atom is 0.305 e. The molecule has 0 aromatic carbocycles. The van der Waals surface area contributed by atoms with Gasteiger partial charge in [0, 0.05) is 12.5 Å². The Morgan fingerprint density at radius 2 is 2.43 bits per heavy atom. The lowest BCUT2D eigenvalue weighted by atomic mass is 9.86. The largest absolute Gasteiger partial charge is 0.469 e. The van der Waals surface area contributed by atoms with Crippen LogP contribution in [0.25, 0.3) is 0 Å². The van der Waals surface area contributed by atoms with E-state index in [1.807, 2.05) is 0 Å². The number of carbonyl (C=O) groups excluding carboxylic acids is 1. The molecule has 0 spiro atoms. The van der Waals surface area contributed by atoms with Gasteiger partial charge in [-0.3, -0.25) is 4.79 Å². The summed E-state index contributed by atoms with van der Waals surface area (Å²) in [5, 5.41) is 0. The third-order valence-corrected chi connectivity index (χ3v) is 2.82. The molecular weight excluding hydrogens is 178 g/mol. The maximum absolute atomic E-state index is 10.9. The maximum atomic E-state index is 10.9. The molecule has 3 heteroatoms. The van der Waals surface area contributed by atoms with Crippen LogP contribution in [-0.2, 0) is 9.53 Å². The summed E-state index contributed by atoms with van der Waals surface area (Å²) < 4.78 is 4.58. The summed E-state index contributed by atoms with van der Waals surface area (Å²) in [4.78, 5) is 10.9. The Morgan fingerprint density at radius 3 is 3.00 bits per heavy atom. The zero-order valence-electron chi connectivity index (χ0n) is 8.74. The summed E-state index contributed by atoms with van der Waals surface area (Å²) in [6.45, 7) is 0. The lowest BCUT2D eigenvalue weighted by Gasteiger charge is -2.24. The fraction of sp³-hybridized carbons (Fsp3) is 0.727. The van der Waals surface area contributed by atoms with Crippen molar-refractivity contribution >= 4 is 5.97 Å². The molecule has 0 aromatic rings. The average Bonchev–Trinajstić information content (AvgIpc) is 2.26. The van der Waals surface area contributed by atoms with Gasteiger partial charge in [-0.1, -0.05) is 12.2 Å². The van der Waals surface area contributed by atoms with E-state index in [1.165, 1.54) is 7.11 Å². The van der Waals surface area contributed by atoms with E-state index >= 15 is 0 Å². The van der Waals surface area contributed by atoms with E-state index < -0.39 is 0 Å². The minimum Gasteiger partial charge on any atom is -0.469 e. The molecular formula is C11H19NO2. The number of rotatable bonds is 4. The Morgan fingerprint density at radius 1 is 1.64 bits per heavy atom. The Hall–Kier alpha value is -0.830. The van der Waals surface area contributed by atoms with Crippen molar-refractivity contribution in [2.75, 3.05) is 7.11 Å². The summed E-state index contributed by atoms with van der Waals surface area (Å²) in [6, 6.07) is 0.138. The highest BCUT2D eigenvalue weighted by Gasteiger charge is 2.18. The van der Waals surface area contributed by atoms with Crippen LogP contribution in [0.3, 0.4) is 0 Å². The van der Waals surface area contributed by atoms with Gasteiger partial charge in [0.1, 0.15) is 0 Å². The minimum atomic E-state index is -0.160. The molecule has 0 aromatic heterocycles. The number of nitrogens with two attached hydrogens (primary N) is 1. The molecule has 2 atom stereocenters. The average molecular weight is 197 g/mol. The van der Waals surface area contributed by atoms with Crippen molar-refractivity contribution in [1.29, 1.82) is 0 Å². The zero-order chi connectivity index (χ0) is 10.4. The van der Waals surface area contributed by atoms with Gasteiger partial charge in [0.25, 0.3) is 0 Å². The van der Waals surface area contributed by atoms with Crippen molar-refractivity contribution in [2.45, 2.75) is 38.1 Å². The van der Waals surface area contributed by atoms with Crippen molar-refractivity contribution < 1.29 is 9.53 Å². The summed E-state index contributed by atoms with van der Waals surface area (Å²) in [6.07, 6.45) is 8.90. The third kappa shape index (κ3) is 3.50. The predicted molar refractivity (Wildman–Crippen MR) is 55.7 cm³/mol. The Balaban J connectivity index is 2.23. The summed E-state index contributed by atoms with van der Waals surface area (Å²) >= 11 is 0. The van der Waals surface area contributed by atoms with Gasteiger partial charge in [-0.05, 0) is 31.6 Å². The van der Waals surface area contributed by atoms with Crippen molar-refractivity contribution in [3.8, 4) is 0 Å². The van der Waals surface area contributed by atoms with Gasteiger partial charge in [0.05, 0.1) is 7.11 Å². The third-order valence-electron chi connectivity index (χ3n) is 2.82. The standard InChI is InChI=1S/C11H19NO2/c1-14-11(13)8-7-10(12)9-5-3-2-4-6-9/h2-3,9-10H,4-8,12H2,1H3. The van der Waals surface area contributed by atoms with Crippen molar-refractivity contribution in [2.24, 2.45) is 11.7 Å². The number of methoxy groups -OCH3 is 1. The molecule has 3 nitrogen and oxygen atoms in total. The zero-order valence-corrected chi connectivity index (χ0v) is 8.74. The molecule has 1 rings (SSSR count). The second-order valence-corrected chi connectivity index (χ2v) is 3.82. The second-order valence-electron chi connectivity index (χ2n) is 3.82. The van der Waals surface area contributed by atoms with Crippen LogP contribution >= 0.6 is 0 Å². The van der Waals surface area contributed by atoms with Gasteiger partial charge in [-0.2, -0.15) is 0 Å². The molecule has 1 aliphatic rings. The second kappa shape index (κ2) is 5.81. The lowest BCUT2D eigenvalue weighted by Crippen LogP contribution is -2.31. The first-order chi connectivity index (χ1) is 6.74. The molecule has 80 valence electrons. The fourth-order valence-corrected chi connectivity index (χ4v) is 1.83. The summed E-state index contributed by atoms with van der Waals surface area (Å²) in [5.74, 6) is 0.386. The van der Waals surface area contributed by atoms with E-state index in [-0.39, 0.29) is 12.0 Å². The van der Waals surface area contributed by atoms with Crippen LogP contribution in [0.4, 0.5) is 0 Å². The molecule has 0 amide bonds. The summed E-state index contributed by atoms with van der Waals surface area (Å²) in [7, 11) is 1.41. The Kier molecular flexibility index (Phi) is 4.66. The normalized spacial score (nSPS) is 23.1. The molecule has 2 N–H and O–H groups in total. The van der Waals surface area contributed by atoms with E-state index in [0.29, 0.717) is 12.3 Å². The van der Waals surface area contributed by atoms with Gasteiger partial charge in [0.15, 0.2) is 0 Å². The van der Waals surface area contributed by atoms with E-state index in [1.54, 1.807) is 0 Å². The number of carbonyl (C=O) groups is 1. The van der Waals surface area contributed by atoms with Crippen LogP contribution in [0.1, 0.15) is 32.1 Å². The topological polar surface area (TPSA) is 52.3 Å². The first-order valence-electron chi connectivity index (χ1n) is 5.21. The molecule has 0 aliphatic heterocycles. The fourth-order valence-electron chi connectivity index (χ4n) is 1.83.